The molecule has 0 bridgehead atoms. The number of rotatable bonds is 7. The van der Waals surface area contributed by atoms with E-state index in [9.17, 15) is 4.79 Å². The number of hydrogen-bond acceptors (Lipinski definition) is 6. The van der Waals surface area contributed by atoms with Crippen molar-refractivity contribution < 1.29 is 14.1 Å². The van der Waals surface area contributed by atoms with Gasteiger partial charge in [-0.15, -0.1) is 0 Å². The fraction of sp³-hybridized carbons (Fsp3) is 0.474. The van der Waals surface area contributed by atoms with Gasteiger partial charge in [0.1, 0.15) is 18.1 Å². The first-order chi connectivity index (χ1) is 12.1. The molecule has 0 unspecified atom stereocenters. The summed E-state index contributed by atoms with van der Waals surface area (Å²) in [6.45, 7) is 9.81. The highest BCUT2D eigenvalue weighted by molar-refractivity contribution is 5.96. The summed E-state index contributed by atoms with van der Waals surface area (Å²) in [7, 11) is 0. The lowest BCUT2D eigenvalue weighted by Gasteiger charge is -2.34. The minimum atomic E-state index is 0.0345. The second kappa shape index (κ2) is 8.27. The number of hydrogen-bond donors (Lipinski definition) is 0. The van der Waals surface area contributed by atoms with Crippen LogP contribution in [0.4, 0.5) is 0 Å². The lowest BCUT2D eigenvalue weighted by molar-refractivity contribution is 0.100. The van der Waals surface area contributed by atoms with Crippen LogP contribution in [0.25, 0.3) is 0 Å². The van der Waals surface area contributed by atoms with Crippen LogP contribution >= 0.6 is 0 Å². The molecule has 1 aliphatic rings. The van der Waals surface area contributed by atoms with Gasteiger partial charge in [-0.3, -0.25) is 14.6 Å². The third kappa shape index (κ3) is 4.90. The van der Waals surface area contributed by atoms with Crippen molar-refractivity contribution in [2.45, 2.75) is 20.4 Å². The van der Waals surface area contributed by atoms with E-state index in [0.717, 1.165) is 50.7 Å². The van der Waals surface area contributed by atoms with Crippen molar-refractivity contribution >= 4 is 5.78 Å². The largest absolute Gasteiger partial charge is 0.491 e. The minimum Gasteiger partial charge on any atom is -0.491 e. The fourth-order valence-corrected chi connectivity index (χ4v) is 3.06. The van der Waals surface area contributed by atoms with Crippen LogP contribution in [-0.2, 0) is 6.54 Å². The van der Waals surface area contributed by atoms with E-state index in [-0.39, 0.29) is 5.78 Å². The third-order valence-corrected chi connectivity index (χ3v) is 4.46. The van der Waals surface area contributed by atoms with Crippen molar-refractivity contribution in [2.24, 2.45) is 0 Å². The molecule has 0 amide bonds. The molecule has 3 rings (SSSR count). The van der Waals surface area contributed by atoms with Gasteiger partial charge in [0.25, 0.3) is 0 Å². The summed E-state index contributed by atoms with van der Waals surface area (Å²) in [5.74, 6) is 1.57. The molecule has 2 aromatic rings. The maximum Gasteiger partial charge on any atom is 0.163 e. The number of carbonyl (C=O) groups excluding carboxylic acids is 1. The van der Waals surface area contributed by atoms with Crippen LogP contribution in [0.3, 0.4) is 0 Å². The molecule has 0 aliphatic carbocycles. The number of ether oxygens (including phenoxy) is 1. The summed E-state index contributed by atoms with van der Waals surface area (Å²) in [6, 6.07) is 9.41. The summed E-state index contributed by atoms with van der Waals surface area (Å²) in [6.07, 6.45) is 0. The Labute approximate surface area is 148 Å². The molecule has 1 aromatic heterocycles. The highest BCUT2D eigenvalue weighted by atomic mass is 16.5. The molecule has 6 heteroatoms. The highest BCUT2D eigenvalue weighted by Crippen LogP contribution is 2.18. The first kappa shape index (κ1) is 17.6. The van der Waals surface area contributed by atoms with Gasteiger partial charge in [-0.1, -0.05) is 17.3 Å². The first-order valence-electron chi connectivity index (χ1n) is 8.71. The molecule has 0 saturated carbocycles. The average molecular weight is 343 g/mol. The highest BCUT2D eigenvalue weighted by Gasteiger charge is 2.18. The van der Waals surface area contributed by atoms with E-state index in [1.165, 1.54) is 0 Å². The van der Waals surface area contributed by atoms with Gasteiger partial charge in [-0.25, -0.2) is 0 Å². The zero-order chi connectivity index (χ0) is 17.6. The van der Waals surface area contributed by atoms with E-state index in [0.29, 0.717) is 17.9 Å². The number of ketones is 1. The number of nitrogens with zero attached hydrogens (tertiary/aromatic N) is 3. The zero-order valence-corrected chi connectivity index (χ0v) is 14.9. The van der Waals surface area contributed by atoms with Gasteiger partial charge >= 0.3 is 0 Å². The van der Waals surface area contributed by atoms with Crippen molar-refractivity contribution in [1.82, 2.24) is 15.0 Å². The molecule has 1 saturated heterocycles. The number of Topliss-reactive ketones (excluding diaryl/α,β-unsaturated/α-hetero) is 1. The fourth-order valence-electron chi connectivity index (χ4n) is 3.06. The second-order valence-electron chi connectivity index (χ2n) is 6.45. The van der Waals surface area contributed by atoms with Crippen molar-refractivity contribution in [3.8, 4) is 5.75 Å². The average Bonchev–Trinajstić information content (AvgIpc) is 3.01. The van der Waals surface area contributed by atoms with E-state index in [2.05, 4.69) is 15.0 Å². The molecule has 0 spiro atoms. The van der Waals surface area contributed by atoms with Crippen LogP contribution in [0.1, 0.15) is 28.7 Å². The molecular weight excluding hydrogens is 318 g/mol. The molecule has 0 atom stereocenters. The molecule has 2 heterocycles. The molecule has 1 aromatic carbocycles. The van der Waals surface area contributed by atoms with Crippen LogP contribution in [0.5, 0.6) is 5.75 Å². The van der Waals surface area contributed by atoms with Crippen molar-refractivity contribution in [3.05, 3.63) is 47.3 Å². The first-order valence-corrected chi connectivity index (χ1v) is 8.71. The zero-order valence-electron chi connectivity index (χ0n) is 14.9. The molecule has 134 valence electrons. The van der Waals surface area contributed by atoms with E-state index < -0.39 is 0 Å². The Morgan fingerprint density at radius 2 is 1.92 bits per heavy atom. The molecule has 1 fully saturated rings. The second-order valence-corrected chi connectivity index (χ2v) is 6.45. The minimum absolute atomic E-state index is 0.0345. The number of carbonyl (C=O) groups is 1. The van der Waals surface area contributed by atoms with E-state index in [4.69, 9.17) is 9.26 Å². The molecule has 0 radical (unpaired) electrons. The SMILES string of the molecule is CC(=O)c1ccccc1OCCN1CCN(Cc2cc(C)on2)CC1. The van der Waals surface area contributed by atoms with Crippen LogP contribution in [0.15, 0.2) is 34.9 Å². The molecule has 25 heavy (non-hydrogen) atoms. The summed E-state index contributed by atoms with van der Waals surface area (Å²) in [4.78, 5) is 16.4. The van der Waals surface area contributed by atoms with Gasteiger partial charge in [-0.05, 0) is 26.0 Å². The Morgan fingerprint density at radius 3 is 2.60 bits per heavy atom. The number of para-hydroxylation sites is 1. The topological polar surface area (TPSA) is 58.8 Å². The number of aromatic nitrogens is 1. The predicted molar refractivity (Wildman–Crippen MR) is 94.9 cm³/mol. The van der Waals surface area contributed by atoms with Gasteiger partial charge in [0.05, 0.1) is 11.3 Å². The molecular formula is C19H25N3O3. The Morgan fingerprint density at radius 1 is 1.20 bits per heavy atom. The summed E-state index contributed by atoms with van der Waals surface area (Å²) < 4.78 is 10.9. The monoisotopic (exact) mass is 343 g/mol. The number of benzene rings is 1. The normalized spacial score (nSPS) is 16.1. The Bertz CT molecular complexity index is 705. The molecule has 6 nitrogen and oxygen atoms in total. The molecule has 0 N–H and O–H groups in total. The van der Waals surface area contributed by atoms with E-state index in [1.807, 2.05) is 37.3 Å². The lowest BCUT2D eigenvalue weighted by Crippen LogP contribution is -2.47. The van der Waals surface area contributed by atoms with Gasteiger partial charge in [0.15, 0.2) is 5.78 Å². The van der Waals surface area contributed by atoms with Gasteiger partial charge < -0.3 is 9.26 Å². The standard InChI is InChI=1S/C19H25N3O3/c1-15-13-17(20-25-15)14-22-9-7-21(8-10-22)11-12-24-19-6-4-3-5-18(19)16(2)23/h3-6,13H,7-12,14H2,1-2H3. The van der Waals surface area contributed by atoms with Crippen LogP contribution in [0, 0.1) is 6.92 Å². The van der Waals surface area contributed by atoms with Crippen LogP contribution < -0.4 is 4.74 Å². The summed E-state index contributed by atoms with van der Waals surface area (Å²) >= 11 is 0. The van der Waals surface area contributed by atoms with Crippen molar-refractivity contribution in [1.29, 1.82) is 0 Å². The Kier molecular flexibility index (Phi) is 5.83. The Balaban J connectivity index is 1.40. The van der Waals surface area contributed by atoms with Crippen LogP contribution in [-0.4, -0.2) is 60.1 Å². The van der Waals surface area contributed by atoms with Crippen LogP contribution in [0.2, 0.25) is 0 Å². The summed E-state index contributed by atoms with van der Waals surface area (Å²) in [5, 5.41) is 4.06. The number of aryl methyl sites for hydroxylation is 1. The smallest absolute Gasteiger partial charge is 0.163 e. The third-order valence-electron chi connectivity index (χ3n) is 4.46. The maximum absolute atomic E-state index is 11.6. The lowest BCUT2D eigenvalue weighted by atomic mass is 10.1. The maximum atomic E-state index is 11.6. The van der Waals surface area contributed by atoms with Gasteiger partial charge in [0.2, 0.25) is 0 Å². The van der Waals surface area contributed by atoms with Crippen molar-refractivity contribution in [3.63, 3.8) is 0 Å². The van der Waals surface area contributed by atoms with Crippen molar-refractivity contribution in [2.75, 3.05) is 39.3 Å². The summed E-state index contributed by atoms with van der Waals surface area (Å²) in [5.41, 5.74) is 1.64. The number of piperazine rings is 1. The molecule has 1 aliphatic heterocycles. The Hall–Kier alpha value is -2.18. The van der Waals surface area contributed by atoms with Gasteiger partial charge in [0, 0.05) is 45.3 Å². The predicted octanol–water partition coefficient (Wildman–Crippen LogP) is 2.38. The quantitative estimate of drug-likeness (QED) is 0.720. The van der Waals surface area contributed by atoms with E-state index >= 15 is 0 Å². The van der Waals surface area contributed by atoms with Gasteiger partial charge in [-0.2, -0.15) is 0 Å². The van der Waals surface area contributed by atoms with E-state index in [1.54, 1.807) is 6.92 Å².